The fourth-order valence-electron chi connectivity index (χ4n) is 3.16. The molecule has 0 aromatic carbocycles. The first-order valence-electron chi connectivity index (χ1n) is 7.50. The van der Waals surface area contributed by atoms with Crippen LogP contribution in [-0.4, -0.2) is 29.6 Å². The van der Waals surface area contributed by atoms with Crippen molar-refractivity contribution >= 4 is 0 Å². The van der Waals surface area contributed by atoms with E-state index >= 15 is 0 Å². The lowest BCUT2D eigenvalue weighted by Gasteiger charge is -2.48. The van der Waals surface area contributed by atoms with Gasteiger partial charge in [0.1, 0.15) is 0 Å². The molecule has 102 valence electrons. The summed E-state index contributed by atoms with van der Waals surface area (Å²) in [6.07, 6.45) is 7.94. The Labute approximate surface area is 108 Å². The molecular weight excluding hydrogens is 208 g/mol. The summed E-state index contributed by atoms with van der Waals surface area (Å²) in [6.45, 7) is 11.4. The highest BCUT2D eigenvalue weighted by Crippen LogP contribution is 2.31. The third-order valence-corrected chi connectivity index (χ3v) is 4.57. The molecule has 1 aliphatic heterocycles. The second kappa shape index (κ2) is 6.75. The van der Waals surface area contributed by atoms with Crippen LogP contribution in [0.3, 0.4) is 0 Å². The molecule has 0 bridgehead atoms. The number of nitrogens with zero attached hydrogens (tertiary/aromatic N) is 1. The van der Waals surface area contributed by atoms with Crippen molar-refractivity contribution in [3.8, 4) is 0 Å². The smallest absolute Gasteiger partial charge is 0.0306 e. The van der Waals surface area contributed by atoms with Crippen LogP contribution >= 0.6 is 0 Å². The maximum absolute atomic E-state index is 6.09. The summed E-state index contributed by atoms with van der Waals surface area (Å²) in [4.78, 5) is 2.69. The third kappa shape index (κ3) is 3.96. The van der Waals surface area contributed by atoms with E-state index in [1.165, 1.54) is 45.1 Å². The van der Waals surface area contributed by atoms with Crippen LogP contribution in [0.2, 0.25) is 0 Å². The molecule has 1 aliphatic rings. The molecule has 1 fully saturated rings. The molecule has 17 heavy (non-hydrogen) atoms. The van der Waals surface area contributed by atoms with Crippen LogP contribution in [0.15, 0.2) is 0 Å². The van der Waals surface area contributed by atoms with Crippen LogP contribution in [0.25, 0.3) is 0 Å². The lowest BCUT2D eigenvalue weighted by atomic mass is 9.85. The Hall–Kier alpha value is -0.0800. The molecule has 3 unspecified atom stereocenters. The first-order chi connectivity index (χ1) is 8.03. The minimum atomic E-state index is 0.225. The maximum Gasteiger partial charge on any atom is 0.0306 e. The van der Waals surface area contributed by atoms with Crippen molar-refractivity contribution in [3.63, 3.8) is 0 Å². The molecular formula is C15H32N2. The van der Waals surface area contributed by atoms with Crippen LogP contribution in [0, 0.1) is 5.92 Å². The number of unbranched alkanes of at least 4 members (excludes halogenated alkanes) is 2. The zero-order valence-electron chi connectivity index (χ0n) is 12.3. The standard InChI is InChI=1S/C15H32N2/c1-5-6-7-10-15(4,12-16)17-11-13(2)8-9-14(17)3/h13-14H,5-12,16H2,1-4H3. The van der Waals surface area contributed by atoms with Gasteiger partial charge in [0, 0.05) is 24.7 Å². The van der Waals surface area contributed by atoms with Crippen molar-refractivity contribution in [1.82, 2.24) is 4.90 Å². The van der Waals surface area contributed by atoms with E-state index in [0.717, 1.165) is 12.5 Å². The Morgan fingerprint density at radius 1 is 1.24 bits per heavy atom. The van der Waals surface area contributed by atoms with Crippen LogP contribution in [0.4, 0.5) is 0 Å². The van der Waals surface area contributed by atoms with Crippen molar-refractivity contribution in [3.05, 3.63) is 0 Å². The molecule has 1 rings (SSSR count). The van der Waals surface area contributed by atoms with E-state index < -0.39 is 0 Å². The highest BCUT2D eigenvalue weighted by molar-refractivity contribution is 4.93. The number of hydrogen-bond acceptors (Lipinski definition) is 2. The molecule has 0 radical (unpaired) electrons. The normalized spacial score (nSPS) is 30.2. The maximum atomic E-state index is 6.09. The molecule has 0 amide bonds. The lowest BCUT2D eigenvalue weighted by Crippen LogP contribution is -2.58. The SMILES string of the molecule is CCCCCC(C)(CN)N1CC(C)CCC1C. The van der Waals surface area contributed by atoms with Gasteiger partial charge in [-0.1, -0.05) is 33.1 Å². The molecule has 0 aromatic rings. The average Bonchev–Trinajstić information content (AvgIpc) is 2.32. The number of nitrogens with two attached hydrogens (primary N) is 1. The molecule has 2 nitrogen and oxygen atoms in total. The zero-order valence-corrected chi connectivity index (χ0v) is 12.3. The van der Waals surface area contributed by atoms with Crippen LogP contribution in [-0.2, 0) is 0 Å². The zero-order chi connectivity index (χ0) is 12.9. The Morgan fingerprint density at radius 2 is 1.94 bits per heavy atom. The largest absolute Gasteiger partial charge is 0.329 e. The van der Waals surface area contributed by atoms with Gasteiger partial charge < -0.3 is 5.73 Å². The van der Waals surface area contributed by atoms with Gasteiger partial charge in [0.05, 0.1) is 0 Å². The molecule has 0 saturated carbocycles. The quantitative estimate of drug-likeness (QED) is 0.721. The van der Waals surface area contributed by atoms with Crippen molar-refractivity contribution in [2.75, 3.05) is 13.1 Å². The fourth-order valence-corrected chi connectivity index (χ4v) is 3.16. The van der Waals surface area contributed by atoms with E-state index in [4.69, 9.17) is 5.73 Å². The lowest BCUT2D eigenvalue weighted by molar-refractivity contribution is 0.0144. The van der Waals surface area contributed by atoms with Gasteiger partial charge in [-0.05, 0) is 39.0 Å². The van der Waals surface area contributed by atoms with Crippen LogP contribution in [0.5, 0.6) is 0 Å². The monoisotopic (exact) mass is 240 g/mol. The second-order valence-corrected chi connectivity index (χ2v) is 6.34. The number of hydrogen-bond donors (Lipinski definition) is 1. The van der Waals surface area contributed by atoms with E-state index in [9.17, 15) is 0 Å². The summed E-state index contributed by atoms with van der Waals surface area (Å²) >= 11 is 0. The van der Waals surface area contributed by atoms with Gasteiger partial charge in [-0.15, -0.1) is 0 Å². The molecule has 3 atom stereocenters. The van der Waals surface area contributed by atoms with Gasteiger partial charge >= 0.3 is 0 Å². The molecule has 0 aliphatic carbocycles. The minimum Gasteiger partial charge on any atom is -0.329 e. The van der Waals surface area contributed by atoms with E-state index in [0.29, 0.717) is 6.04 Å². The van der Waals surface area contributed by atoms with Gasteiger partial charge in [-0.25, -0.2) is 0 Å². The van der Waals surface area contributed by atoms with Crippen molar-refractivity contribution in [1.29, 1.82) is 0 Å². The average molecular weight is 240 g/mol. The van der Waals surface area contributed by atoms with Gasteiger partial charge in [-0.2, -0.15) is 0 Å². The van der Waals surface area contributed by atoms with E-state index in [1.54, 1.807) is 0 Å². The van der Waals surface area contributed by atoms with Gasteiger partial charge in [0.2, 0.25) is 0 Å². The second-order valence-electron chi connectivity index (χ2n) is 6.34. The molecule has 2 heteroatoms. The van der Waals surface area contributed by atoms with Gasteiger partial charge in [-0.3, -0.25) is 4.90 Å². The Kier molecular flexibility index (Phi) is 5.94. The predicted molar refractivity (Wildman–Crippen MR) is 76.2 cm³/mol. The van der Waals surface area contributed by atoms with E-state index in [2.05, 4.69) is 32.6 Å². The van der Waals surface area contributed by atoms with Crippen molar-refractivity contribution in [2.45, 2.75) is 77.8 Å². The van der Waals surface area contributed by atoms with Crippen LogP contribution < -0.4 is 5.73 Å². The Balaban J connectivity index is 2.62. The minimum absolute atomic E-state index is 0.225. The number of piperidine rings is 1. The van der Waals surface area contributed by atoms with Crippen molar-refractivity contribution in [2.24, 2.45) is 11.7 Å². The van der Waals surface area contributed by atoms with Crippen LogP contribution in [0.1, 0.15) is 66.2 Å². The molecule has 2 N–H and O–H groups in total. The summed E-state index contributed by atoms with van der Waals surface area (Å²) < 4.78 is 0. The molecule has 0 spiro atoms. The summed E-state index contributed by atoms with van der Waals surface area (Å²) in [7, 11) is 0. The Bertz CT molecular complexity index is 217. The highest BCUT2D eigenvalue weighted by atomic mass is 15.2. The first-order valence-corrected chi connectivity index (χ1v) is 7.50. The predicted octanol–water partition coefficient (Wildman–Crippen LogP) is 3.40. The molecule has 1 saturated heterocycles. The fraction of sp³-hybridized carbons (Fsp3) is 1.00. The summed E-state index contributed by atoms with van der Waals surface area (Å²) in [5, 5.41) is 0. The summed E-state index contributed by atoms with van der Waals surface area (Å²) in [5.74, 6) is 0.836. The highest BCUT2D eigenvalue weighted by Gasteiger charge is 2.36. The Morgan fingerprint density at radius 3 is 2.53 bits per heavy atom. The van der Waals surface area contributed by atoms with E-state index in [1.807, 2.05) is 0 Å². The summed E-state index contributed by atoms with van der Waals surface area (Å²) in [6, 6.07) is 0.710. The summed E-state index contributed by atoms with van der Waals surface area (Å²) in [5.41, 5.74) is 6.31. The number of likely N-dealkylation sites (tertiary alicyclic amines) is 1. The first kappa shape index (κ1) is 15.0. The van der Waals surface area contributed by atoms with Crippen molar-refractivity contribution < 1.29 is 0 Å². The number of rotatable bonds is 6. The third-order valence-electron chi connectivity index (χ3n) is 4.57. The van der Waals surface area contributed by atoms with Gasteiger partial charge in [0.25, 0.3) is 0 Å². The molecule has 1 heterocycles. The topological polar surface area (TPSA) is 29.3 Å². The van der Waals surface area contributed by atoms with E-state index in [-0.39, 0.29) is 5.54 Å². The molecule has 0 aromatic heterocycles. The van der Waals surface area contributed by atoms with Gasteiger partial charge in [0.15, 0.2) is 0 Å².